The van der Waals surface area contributed by atoms with Gasteiger partial charge < -0.3 is 0 Å². The Labute approximate surface area is 158 Å². The molecular formula is C18H15ClF3N5. The van der Waals surface area contributed by atoms with E-state index in [4.69, 9.17) is 11.6 Å². The molecule has 140 valence electrons. The second-order valence-corrected chi connectivity index (χ2v) is 6.86. The maximum absolute atomic E-state index is 12.7. The predicted octanol–water partition coefficient (Wildman–Crippen LogP) is 3.89. The average molecular weight is 394 g/mol. The molecule has 9 heteroatoms. The predicted molar refractivity (Wildman–Crippen MR) is 93.4 cm³/mol. The minimum absolute atomic E-state index is 0.486. The summed E-state index contributed by atoms with van der Waals surface area (Å²) >= 11 is 6.08. The molecule has 1 aliphatic rings. The van der Waals surface area contributed by atoms with Gasteiger partial charge in [-0.1, -0.05) is 17.7 Å². The molecule has 0 unspecified atom stereocenters. The van der Waals surface area contributed by atoms with Gasteiger partial charge in [-0.2, -0.15) is 17.9 Å². The maximum Gasteiger partial charge on any atom is 0.416 e. The molecule has 2 aromatic carbocycles. The zero-order chi connectivity index (χ0) is 19.0. The molecule has 27 heavy (non-hydrogen) atoms. The van der Waals surface area contributed by atoms with E-state index in [-0.39, 0.29) is 0 Å². The van der Waals surface area contributed by atoms with E-state index in [1.807, 2.05) is 18.2 Å². The van der Waals surface area contributed by atoms with Crippen LogP contribution in [0.2, 0.25) is 5.02 Å². The van der Waals surface area contributed by atoms with Crippen LogP contribution in [0.5, 0.6) is 0 Å². The van der Waals surface area contributed by atoms with Crippen LogP contribution in [0.3, 0.4) is 0 Å². The van der Waals surface area contributed by atoms with Crippen LogP contribution in [0.25, 0.3) is 5.69 Å². The van der Waals surface area contributed by atoms with E-state index in [1.54, 1.807) is 0 Å². The lowest BCUT2D eigenvalue weighted by Gasteiger charge is -2.28. The lowest BCUT2D eigenvalue weighted by Crippen LogP contribution is -2.31. The van der Waals surface area contributed by atoms with Crippen LogP contribution in [-0.4, -0.2) is 31.7 Å². The largest absolute Gasteiger partial charge is 0.416 e. The molecule has 0 spiro atoms. The lowest BCUT2D eigenvalue weighted by molar-refractivity contribution is -0.137. The van der Waals surface area contributed by atoms with Gasteiger partial charge in [0.2, 0.25) is 0 Å². The number of aromatic nitrogens is 4. The van der Waals surface area contributed by atoms with Crippen LogP contribution < -0.4 is 0 Å². The van der Waals surface area contributed by atoms with E-state index in [2.05, 4.69) is 20.4 Å². The molecule has 0 amide bonds. The summed E-state index contributed by atoms with van der Waals surface area (Å²) in [5, 5.41) is 12.4. The highest BCUT2D eigenvalue weighted by Crippen LogP contribution is 2.29. The Morgan fingerprint density at radius 2 is 1.81 bits per heavy atom. The fraction of sp³-hybridized carbons (Fsp3) is 0.278. The molecule has 0 aliphatic carbocycles. The quantitative estimate of drug-likeness (QED) is 0.677. The summed E-state index contributed by atoms with van der Waals surface area (Å²) in [6.07, 6.45) is -3.47. The van der Waals surface area contributed by atoms with Gasteiger partial charge >= 0.3 is 6.18 Å². The van der Waals surface area contributed by atoms with Crippen LogP contribution in [-0.2, 0) is 25.7 Å². The summed E-state index contributed by atoms with van der Waals surface area (Å²) < 4.78 is 39.7. The topological polar surface area (TPSA) is 46.8 Å². The van der Waals surface area contributed by atoms with Crippen molar-refractivity contribution in [1.82, 2.24) is 25.1 Å². The number of nitrogens with zero attached hydrogens (tertiary/aromatic N) is 5. The fourth-order valence-corrected chi connectivity index (χ4v) is 3.41. The third-order valence-electron chi connectivity index (χ3n) is 4.60. The monoisotopic (exact) mass is 393 g/mol. The number of hydrogen-bond donors (Lipinski definition) is 0. The smallest absolute Gasteiger partial charge is 0.291 e. The normalized spacial score (nSPS) is 15.0. The van der Waals surface area contributed by atoms with Gasteiger partial charge in [-0.25, -0.2) is 0 Å². The van der Waals surface area contributed by atoms with Gasteiger partial charge in [-0.15, -0.1) is 5.10 Å². The molecule has 1 aromatic heterocycles. The number of rotatable bonds is 3. The van der Waals surface area contributed by atoms with Crippen molar-refractivity contribution in [2.24, 2.45) is 0 Å². The average Bonchev–Trinajstić information content (AvgIpc) is 3.09. The summed E-state index contributed by atoms with van der Waals surface area (Å²) in [5.74, 6) is 0.570. The maximum atomic E-state index is 12.7. The molecule has 0 saturated carbocycles. The molecule has 0 saturated heterocycles. The van der Waals surface area contributed by atoms with Gasteiger partial charge in [-0.3, -0.25) is 4.90 Å². The first-order valence-electron chi connectivity index (χ1n) is 8.35. The fourth-order valence-electron chi connectivity index (χ4n) is 3.22. The first kappa shape index (κ1) is 17.9. The first-order chi connectivity index (χ1) is 12.9. The molecule has 3 aromatic rings. The van der Waals surface area contributed by atoms with Crippen molar-refractivity contribution in [3.05, 3.63) is 70.0 Å². The minimum atomic E-state index is -4.37. The van der Waals surface area contributed by atoms with E-state index in [9.17, 15) is 13.2 Å². The molecule has 0 radical (unpaired) electrons. The summed E-state index contributed by atoms with van der Waals surface area (Å²) in [5.41, 5.74) is 2.23. The highest BCUT2D eigenvalue weighted by Gasteiger charge is 2.30. The van der Waals surface area contributed by atoms with E-state index < -0.39 is 11.7 Å². The third kappa shape index (κ3) is 3.81. The zero-order valence-corrected chi connectivity index (χ0v) is 14.9. The van der Waals surface area contributed by atoms with Crippen LogP contribution >= 0.6 is 11.6 Å². The number of fused-ring (bicyclic) bond motifs is 1. The number of benzene rings is 2. The third-order valence-corrected chi connectivity index (χ3v) is 4.83. The van der Waals surface area contributed by atoms with Gasteiger partial charge in [0, 0.05) is 18.1 Å². The van der Waals surface area contributed by atoms with Crippen LogP contribution in [0.15, 0.2) is 42.5 Å². The molecule has 0 bridgehead atoms. The number of halogens is 4. The zero-order valence-electron chi connectivity index (χ0n) is 14.1. The Hall–Kier alpha value is -2.45. The Kier molecular flexibility index (Phi) is 4.61. The van der Waals surface area contributed by atoms with Gasteiger partial charge in [-0.05, 0) is 64.4 Å². The standard InChI is InChI=1S/C18H15ClF3N5/c19-15-4-1-12-7-8-26(10-13(12)9-15)11-17-23-24-25-27(17)16-5-2-14(3-6-16)18(20,21)22/h1-6,9H,7-8,10-11H2. The minimum Gasteiger partial charge on any atom is -0.291 e. The second kappa shape index (κ2) is 6.94. The Balaban J connectivity index is 1.53. The van der Waals surface area contributed by atoms with Crippen molar-refractivity contribution in [2.45, 2.75) is 25.7 Å². The van der Waals surface area contributed by atoms with Crippen molar-refractivity contribution in [1.29, 1.82) is 0 Å². The van der Waals surface area contributed by atoms with Crippen molar-refractivity contribution in [3.8, 4) is 5.69 Å². The number of tetrazole rings is 1. The molecule has 2 heterocycles. The highest BCUT2D eigenvalue weighted by atomic mass is 35.5. The van der Waals surface area contributed by atoms with E-state index in [0.717, 1.165) is 31.6 Å². The van der Waals surface area contributed by atoms with E-state index in [0.29, 0.717) is 23.1 Å². The summed E-state index contributed by atoms with van der Waals surface area (Å²) in [4.78, 5) is 2.19. The molecule has 1 aliphatic heterocycles. The Bertz CT molecular complexity index is 952. The van der Waals surface area contributed by atoms with Crippen LogP contribution in [0, 0.1) is 0 Å². The van der Waals surface area contributed by atoms with Crippen molar-refractivity contribution in [3.63, 3.8) is 0 Å². The molecule has 0 atom stereocenters. The summed E-state index contributed by atoms with van der Waals surface area (Å²) in [7, 11) is 0. The Morgan fingerprint density at radius 3 is 2.56 bits per heavy atom. The van der Waals surface area contributed by atoms with Crippen LogP contribution in [0.1, 0.15) is 22.5 Å². The summed E-state index contributed by atoms with van der Waals surface area (Å²) in [6, 6.07) is 10.7. The molecule has 0 fully saturated rings. The highest BCUT2D eigenvalue weighted by molar-refractivity contribution is 6.30. The van der Waals surface area contributed by atoms with E-state index >= 15 is 0 Å². The van der Waals surface area contributed by atoms with Gasteiger partial charge in [0.05, 0.1) is 17.8 Å². The molecule has 4 rings (SSSR count). The van der Waals surface area contributed by atoms with Gasteiger partial charge in [0.25, 0.3) is 0 Å². The Morgan fingerprint density at radius 1 is 1.04 bits per heavy atom. The molecular weight excluding hydrogens is 379 g/mol. The first-order valence-corrected chi connectivity index (χ1v) is 8.72. The van der Waals surface area contributed by atoms with Gasteiger partial charge in [0.1, 0.15) is 0 Å². The van der Waals surface area contributed by atoms with Crippen LogP contribution in [0.4, 0.5) is 13.2 Å². The molecule has 0 N–H and O–H groups in total. The molecule has 5 nitrogen and oxygen atoms in total. The van der Waals surface area contributed by atoms with Crippen molar-refractivity contribution < 1.29 is 13.2 Å². The van der Waals surface area contributed by atoms with Crippen molar-refractivity contribution >= 4 is 11.6 Å². The lowest BCUT2D eigenvalue weighted by atomic mass is 10.00. The number of alkyl halides is 3. The van der Waals surface area contributed by atoms with Crippen molar-refractivity contribution in [2.75, 3.05) is 6.54 Å². The van der Waals surface area contributed by atoms with E-state index in [1.165, 1.54) is 27.9 Å². The number of hydrogen-bond acceptors (Lipinski definition) is 4. The SMILES string of the molecule is FC(F)(F)c1ccc(-n2nnnc2CN2CCc3ccc(Cl)cc3C2)cc1. The second-order valence-electron chi connectivity index (χ2n) is 6.43. The van der Waals surface area contributed by atoms with Gasteiger partial charge in [0.15, 0.2) is 5.82 Å². The summed E-state index contributed by atoms with van der Waals surface area (Å²) in [6.45, 7) is 2.05.